The standard InChI is InChI=1S/C15H23ClN2O/c1-12-5-8-18(9-6-12)10-7-17-11-13-3-2-4-14(16)15(13)19/h2-4,12,17,19H,5-11H2,1H3. The molecule has 0 saturated carbocycles. The molecule has 4 heteroatoms. The van der Waals surface area contributed by atoms with Crippen molar-refractivity contribution in [2.45, 2.75) is 26.3 Å². The molecule has 0 aromatic heterocycles. The number of hydrogen-bond donors (Lipinski definition) is 2. The first-order valence-corrected chi connectivity index (χ1v) is 7.44. The number of benzene rings is 1. The highest BCUT2D eigenvalue weighted by Gasteiger charge is 2.14. The molecule has 0 radical (unpaired) electrons. The van der Waals surface area contributed by atoms with Crippen LogP contribution in [0.25, 0.3) is 0 Å². The number of hydrogen-bond acceptors (Lipinski definition) is 3. The lowest BCUT2D eigenvalue weighted by molar-refractivity contribution is 0.193. The van der Waals surface area contributed by atoms with E-state index in [-0.39, 0.29) is 5.75 Å². The van der Waals surface area contributed by atoms with Gasteiger partial charge in [0.1, 0.15) is 5.75 Å². The van der Waals surface area contributed by atoms with E-state index in [9.17, 15) is 5.11 Å². The molecule has 0 bridgehead atoms. The number of aromatic hydroxyl groups is 1. The molecule has 1 aliphatic rings. The Bertz CT molecular complexity index is 403. The average Bonchev–Trinajstić information content (AvgIpc) is 2.41. The van der Waals surface area contributed by atoms with E-state index in [1.54, 1.807) is 6.07 Å². The van der Waals surface area contributed by atoms with Crippen molar-refractivity contribution in [1.29, 1.82) is 0 Å². The van der Waals surface area contributed by atoms with Crippen molar-refractivity contribution < 1.29 is 5.11 Å². The fourth-order valence-electron chi connectivity index (χ4n) is 2.45. The van der Waals surface area contributed by atoms with Gasteiger partial charge in [0.2, 0.25) is 0 Å². The topological polar surface area (TPSA) is 35.5 Å². The molecule has 1 aromatic carbocycles. The van der Waals surface area contributed by atoms with Crippen molar-refractivity contribution in [2.75, 3.05) is 26.2 Å². The first-order chi connectivity index (χ1) is 9.16. The first kappa shape index (κ1) is 14.6. The lowest BCUT2D eigenvalue weighted by Crippen LogP contribution is -2.37. The number of rotatable bonds is 5. The van der Waals surface area contributed by atoms with Gasteiger partial charge in [-0.1, -0.05) is 30.7 Å². The maximum Gasteiger partial charge on any atom is 0.138 e. The zero-order valence-corrected chi connectivity index (χ0v) is 12.3. The number of para-hydroxylation sites is 1. The van der Waals surface area contributed by atoms with Gasteiger partial charge in [-0.3, -0.25) is 0 Å². The Labute approximate surface area is 120 Å². The largest absolute Gasteiger partial charge is 0.506 e. The minimum atomic E-state index is 0.198. The van der Waals surface area contributed by atoms with E-state index in [1.807, 2.05) is 12.1 Å². The van der Waals surface area contributed by atoms with Crippen LogP contribution in [0.2, 0.25) is 5.02 Å². The molecule has 0 spiro atoms. The van der Waals surface area contributed by atoms with Gasteiger partial charge in [-0.05, 0) is 37.9 Å². The van der Waals surface area contributed by atoms with Gasteiger partial charge in [0.25, 0.3) is 0 Å². The lowest BCUT2D eigenvalue weighted by Gasteiger charge is -2.30. The van der Waals surface area contributed by atoms with Gasteiger partial charge in [0, 0.05) is 25.2 Å². The zero-order valence-electron chi connectivity index (χ0n) is 11.5. The van der Waals surface area contributed by atoms with Crippen LogP contribution in [-0.4, -0.2) is 36.2 Å². The van der Waals surface area contributed by atoms with Gasteiger partial charge in [-0.2, -0.15) is 0 Å². The molecular weight excluding hydrogens is 260 g/mol. The number of nitrogens with one attached hydrogen (secondary N) is 1. The van der Waals surface area contributed by atoms with Gasteiger partial charge < -0.3 is 15.3 Å². The summed E-state index contributed by atoms with van der Waals surface area (Å²) in [5.74, 6) is 1.08. The predicted octanol–water partition coefficient (Wildman–Crippen LogP) is 2.87. The molecule has 2 rings (SSSR count). The second-order valence-corrected chi connectivity index (χ2v) is 5.86. The monoisotopic (exact) mass is 282 g/mol. The smallest absolute Gasteiger partial charge is 0.138 e. The molecule has 1 aliphatic heterocycles. The normalized spacial score (nSPS) is 17.8. The van der Waals surface area contributed by atoms with Gasteiger partial charge >= 0.3 is 0 Å². The van der Waals surface area contributed by atoms with E-state index in [4.69, 9.17) is 11.6 Å². The summed E-state index contributed by atoms with van der Waals surface area (Å²) in [4.78, 5) is 2.50. The summed E-state index contributed by atoms with van der Waals surface area (Å²) in [6.45, 7) is 7.44. The quantitative estimate of drug-likeness (QED) is 0.815. The Kier molecular flexibility index (Phi) is 5.49. The van der Waals surface area contributed by atoms with E-state index in [1.165, 1.54) is 25.9 Å². The SMILES string of the molecule is CC1CCN(CCNCc2cccc(Cl)c2O)CC1. The summed E-state index contributed by atoms with van der Waals surface area (Å²) >= 11 is 5.88. The maximum absolute atomic E-state index is 9.79. The van der Waals surface area contributed by atoms with Crippen molar-refractivity contribution in [3.63, 3.8) is 0 Å². The van der Waals surface area contributed by atoms with E-state index >= 15 is 0 Å². The van der Waals surface area contributed by atoms with Gasteiger partial charge in [-0.15, -0.1) is 0 Å². The Morgan fingerprint density at radius 3 is 2.84 bits per heavy atom. The zero-order chi connectivity index (χ0) is 13.7. The molecular formula is C15H23ClN2O. The number of halogens is 1. The van der Waals surface area contributed by atoms with E-state index in [0.717, 1.165) is 24.6 Å². The molecule has 0 amide bonds. The summed E-state index contributed by atoms with van der Waals surface area (Å²) in [6, 6.07) is 5.47. The van der Waals surface area contributed by atoms with Gasteiger partial charge in [-0.25, -0.2) is 0 Å². The minimum Gasteiger partial charge on any atom is -0.506 e. The molecule has 1 fully saturated rings. The third-order valence-corrected chi connectivity index (χ3v) is 4.17. The number of phenolic OH excluding ortho intramolecular Hbond substituents is 1. The highest BCUT2D eigenvalue weighted by Crippen LogP contribution is 2.26. The summed E-state index contributed by atoms with van der Waals surface area (Å²) in [5, 5.41) is 13.6. The lowest BCUT2D eigenvalue weighted by atomic mass is 9.99. The van der Waals surface area contributed by atoms with Crippen LogP contribution in [0.3, 0.4) is 0 Å². The number of phenols is 1. The van der Waals surface area contributed by atoms with Crippen LogP contribution in [-0.2, 0) is 6.54 Å². The highest BCUT2D eigenvalue weighted by atomic mass is 35.5. The van der Waals surface area contributed by atoms with Crippen molar-refractivity contribution in [2.24, 2.45) is 5.92 Å². The molecule has 0 unspecified atom stereocenters. The fourth-order valence-corrected chi connectivity index (χ4v) is 2.64. The first-order valence-electron chi connectivity index (χ1n) is 7.06. The third-order valence-electron chi connectivity index (χ3n) is 3.87. The van der Waals surface area contributed by atoms with Crippen LogP contribution >= 0.6 is 11.6 Å². The van der Waals surface area contributed by atoms with Crippen molar-refractivity contribution in [1.82, 2.24) is 10.2 Å². The van der Waals surface area contributed by atoms with Crippen molar-refractivity contribution >= 4 is 11.6 Å². The second kappa shape index (κ2) is 7.13. The van der Waals surface area contributed by atoms with Gasteiger partial charge in [0.15, 0.2) is 0 Å². The Hall–Kier alpha value is -0.770. The van der Waals surface area contributed by atoms with Crippen molar-refractivity contribution in [3.8, 4) is 5.75 Å². The molecule has 1 saturated heterocycles. The maximum atomic E-state index is 9.79. The van der Waals surface area contributed by atoms with E-state index < -0.39 is 0 Å². The molecule has 0 aliphatic carbocycles. The Morgan fingerprint density at radius 2 is 2.11 bits per heavy atom. The average molecular weight is 283 g/mol. The van der Waals surface area contributed by atoms with E-state index in [2.05, 4.69) is 17.1 Å². The van der Waals surface area contributed by atoms with Crippen LogP contribution in [0.5, 0.6) is 5.75 Å². The summed E-state index contributed by atoms with van der Waals surface area (Å²) in [7, 11) is 0. The minimum absolute atomic E-state index is 0.198. The third kappa shape index (κ3) is 4.37. The molecule has 106 valence electrons. The molecule has 0 atom stereocenters. The molecule has 3 nitrogen and oxygen atoms in total. The molecule has 1 heterocycles. The summed E-state index contributed by atoms with van der Waals surface area (Å²) in [6.07, 6.45) is 2.63. The Morgan fingerprint density at radius 1 is 1.37 bits per heavy atom. The highest BCUT2D eigenvalue weighted by molar-refractivity contribution is 6.32. The molecule has 19 heavy (non-hydrogen) atoms. The van der Waals surface area contributed by atoms with Crippen LogP contribution < -0.4 is 5.32 Å². The predicted molar refractivity (Wildman–Crippen MR) is 79.7 cm³/mol. The summed E-state index contributed by atoms with van der Waals surface area (Å²) < 4.78 is 0. The van der Waals surface area contributed by atoms with Crippen molar-refractivity contribution in [3.05, 3.63) is 28.8 Å². The Balaban J connectivity index is 1.68. The summed E-state index contributed by atoms with van der Waals surface area (Å²) in [5.41, 5.74) is 0.861. The van der Waals surface area contributed by atoms with Crippen LogP contribution in [0.15, 0.2) is 18.2 Å². The number of piperidine rings is 1. The second-order valence-electron chi connectivity index (χ2n) is 5.45. The van der Waals surface area contributed by atoms with Crippen LogP contribution in [0.1, 0.15) is 25.3 Å². The van der Waals surface area contributed by atoms with Crippen LogP contribution in [0, 0.1) is 5.92 Å². The molecule has 2 N–H and O–H groups in total. The number of nitrogens with zero attached hydrogens (tertiary/aromatic N) is 1. The van der Waals surface area contributed by atoms with Crippen LogP contribution in [0.4, 0.5) is 0 Å². The van der Waals surface area contributed by atoms with Gasteiger partial charge in [0.05, 0.1) is 5.02 Å². The number of likely N-dealkylation sites (tertiary alicyclic amines) is 1. The van der Waals surface area contributed by atoms with E-state index in [0.29, 0.717) is 11.6 Å². The fraction of sp³-hybridized carbons (Fsp3) is 0.600. The molecule has 1 aromatic rings.